The molecular formula is C13H26N2OSi. The smallest absolute Gasteiger partial charge is 0.191 e. The molecule has 0 spiro atoms. The van der Waals surface area contributed by atoms with Crippen molar-refractivity contribution in [3.05, 3.63) is 18.5 Å². The zero-order valence-corrected chi connectivity index (χ0v) is 12.9. The normalized spacial score (nSPS) is 13.0. The van der Waals surface area contributed by atoms with Crippen LogP contribution >= 0.6 is 0 Å². The third-order valence-electron chi connectivity index (χ3n) is 3.61. The highest BCUT2D eigenvalue weighted by Crippen LogP contribution is 2.36. The molecule has 1 rings (SSSR count). The number of aromatic nitrogens is 2. The van der Waals surface area contributed by atoms with Crippen molar-refractivity contribution < 1.29 is 4.43 Å². The second-order valence-electron chi connectivity index (χ2n) is 6.09. The summed E-state index contributed by atoms with van der Waals surface area (Å²) in [4.78, 5) is 0. The zero-order valence-electron chi connectivity index (χ0n) is 11.9. The Hall–Kier alpha value is -0.613. The van der Waals surface area contributed by atoms with Gasteiger partial charge in [0.25, 0.3) is 0 Å². The van der Waals surface area contributed by atoms with Crippen molar-refractivity contribution in [2.75, 3.05) is 6.61 Å². The van der Waals surface area contributed by atoms with E-state index in [9.17, 15) is 0 Å². The lowest BCUT2D eigenvalue weighted by atomic mass is 10.2. The van der Waals surface area contributed by atoms with E-state index in [2.05, 4.69) is 39.0 Å². The van der Waals surface area contributed by atoms with E-state index in [1.165, 1.54) is 0 Å². The van der Waals surface area contributed by atoms with E-state index in [1.807, 2.05) is 23.1 Å². The van der Waals surface area contributed by atoms with Gasteiger partial charge in [-0.05, 0) is 37.0 Å². The van der Waals surface area contributed by atoms with Crippen LogP contribution in [0.4, 0.5) is 0 Å². The van der Waals surface area contributed by atoms with Gasteiger partial charge in [-0.3, -0.25) is 4.68 Å². The van der Waals surface area contributed by atoms with Crippen LogP contribution in [0.3, 0.4) is 0 Å². The van der Waals surface area contributed by atoms with E-state index in [0.717, 1.165) is 26.0 Å². The topological polar surface area (TPSA) is 27.1 Å². The van der Waals surface area contributed by atoms with Gasteiger partial charge in [-0.15, -0.1) is 0 Å². The fraction of sp³-hybridized carbons (Fsp3) is 0.769. The van der Waals surface area contributed by atoms with Gasteiger partial charge in [0, 0.05) is 25.5 Å². The molecular weight excluding hydrogens is 228 g/mol. The standard InChI is InChI=1S/C13H26N2OSi/c1-13(2,3)17(4,5)16-12-7-6-10-15-11-8-9-14-15/h8-9,11H,6-7,10,12H2,1-5H3. The first kappa shape index (κ1) is 14.4. The Balaban J connectivity index is 2.16. The molecule has 0 atom stereocenters. The Morgan fingerprint density at radius 1 is 1.24 bits per heavy atom. The molecule has 0 N–H and O–H groups in total. The quantitative estimate of drug-likeness (QED) is 0.572. The average molecular weight is 254 g/mol. The van der Waals surface area contributed by atoms with E-state index < -0.39 is 8.32 Å². The van der Waals surface area contributed by atoms with Crippen molar-refractivity contribution in [1.29, 1.82) is 0 Å². The van der Waals surface area contributed by atoms with E-state index in [1.54, 1.807) is 0 Å². The molecule has 1 heterocycles. The SMILES string of the molecule is CC(C)(C)[Si](C)(C)OCCCCn1cccn1. The van der Waals surface area contributed by atoms with Crippen LogP contribution in [-0.4, -0.2) is 24.7 Å². The molecule has 0 unspecified atom stereocenters. The molecule has 17 heavy (non-hydrogen) atoms. The molecule has 0 amide bonds. The molecule has 3 nitrogen and oxygen atoms in total. The van der Waals surface area contributed by atoms with Gasteiger partial charge in [0.1, 0.15) is 0 Å². The molecule has 0 aromatic carbocycles. The molecule has 98 valence electrons. The Labute approximate surface area is 106 Å². The predicted molar refractivity (Wildman–Crippen MR) is 74.6 cm³/mol. The van der Waals surface area contributed by atoms with E-state index >= 15 is 0 Å². The Morgan fingerprint density at radius 2 is 1.94 bits per heavy atom. The number of hydrogen-bond donors (Lipinski definition) is 0. The van der Waals surface area contributed by atoms with Crippen molar-refractivity contribution in [2.24, 2.45) is 0 Å². The van der Waals surface area contributed by atoms with Gasteiger partial charge in [0.15, 0.2) is 8.32 Å². The highest BCUT2D eigenvalue weighted by Gasteiger charge is 2.36. The molecule has 1 aromatic heterocycles. The van der Waals surface area contributed by atoms with Crippen molar-refractivity contribution >= 4 is 8.32 Å². The van der Waals surface area contributed by atoms with Crippen LogP contribution in [0.15, 0.2) is 18.5 Å². The van der Waals surface area contributed by atoms with Crippen LogP contribution in [-0.2, 0) is 11.0 Å². The molecule has 0 bridgehead atoms. The molecule has 0 radical (unpaired) electrons. The van der Waals surface area contributed by atoms with Crippen LogP contribution < -0.4 is 0 Å². The fourth-order valence-corrected chi connectivity index (χ4v) is 2.44. The number of rotatable bonds is 6. The highest BCUT2D eigenvalue weighted by molar-refractivity contribution is 6.74. The lowest BCUT2D eigenvalue weighted by Gasteiger charge is -2.36. The summed E-state index contributed by atoms with van der Waals surface area (Å²) in [6.45, 7) is 13.3. The summed E-state index contributed by atoms with van der Waals surface area (Å²) in [5, 5.41) is 4.50. The second-order valence-corrected chi connectivity index (χ2v) is 10.9. The van der Waals surface area contributed by atoms with Crippen LogP contribution in [0.5, 0.6) is 0 Å². The summed E-state index contributed by atoms with van der Waals surface area (Å²) < 4.78 is 8.10. The summed E-state index contributed by atoms with van der Waals surface area (Å²) >= 11 is 0. The molecule has 0 fully saturated rings. The van der Waals surface area contributed by atoms with Gasteiger partial charge < -0.3 is 4.43 Å². The molecule has 0 aliphatic carbocycles. The summed E-state index contributed by atoms with van der Waals surface area (Å²) in [7, 11) is -1.54. The van der Waals surface area contributed by atoms with Gasteiger partial charge >= 0.3 is 0 Å². The fourth-order valence-electron chi connectivity index (χ4n) is 1.35. The Bertz CT molecular complexity index is 315. The monoisotopic (exact) mass is 254 g/mol. The molecule has 4 heteroatoms. The summed E-state index contributed by atoms with van der Waals surface area (Å²) in [6.07, 6.45) is 6.09. The lowest BCUT2D eigenvalue weighted by Crippen LogP contribution is -2.40. The predicted octanol–water partition coefficient (Wildman–Crippen LogP) is 3.69. The van der Waals surface area contributed by atoms with Crippen LogP contribution in [0.2, 0.25) is 18.1 Å². The Kier molecular flexibility index (Phi) is 4.95. The second kappa shape index (κ2) is 5.82. The van der Waals surface area contributed by atoms with Crippen LogP contribution in [0.25, 0.3) is 0 Å². The van der Waals surface area contributed by atoms with Crippen molar-refractivity contribution in [3.8, 4) is 0 Å². The van der Waals surface area contributed by atoms with Gasteiger partial charge in [-0.2, -0.15) is 5.10 Å². The molecule has 1 aromatic rings. The largest absolute Gasteiger partial charge is 0.417 e. The summed E-state index contributed by atoms with van der Waals surface area (Å²) in [6, 6.07) is 1.96. The summed E-state index contributed by atoms with van der Waals surface area (Å²) in [5.41, 5.74) is 0. The first-order valence-corrected chi connectivity index (χ1v) is 9.35. The van der Waals surface area contributed by atoms with Gasteiger partial charge in [-0.25, -0.2) is 0 Å². The van der Waals surface area contributed by atoms with Gasteiger partial charge in [0.05, 0.1) is 0 Å². The van der Waals surface area contributed by atoms with E-state index in [0.29, 0.717) is 5.04 Å². The number of hydrogen-bond acceptors (Lipinski definition) is 2. The van der Waals surface area contributed by atoms with Crippen molar-refractivity contribution in [2.45, 2.75) is 58.3 Å². The first-order valence-electron chi connectivity index (χ1n) is 6.44. The van der Waals surface area contributed by atoms with E-state index in [4.69, 9.17) is 4.43 Å². The van der Waals surface area contributed by atoms with Crippen molar-refractivity contribution in [3.63, 3.8) is 0 Å². The highest BCUT2D eigenvalue weighted by atomic mass is 28.4. The number of aryl methyl sites for hydroxylation is 1. The Morgan fingerprint density at radius 3 is 2.47 bits per heavy atom. The van der Waals surface area contributed by atoms with Crippen molar-refractivity contribution in [1.82, 2.24) is 9.78 Å². The minimum absolute atomic E-state index is 0.314. The minimum Gasteiger partial charge on any atom is -0.417 e. The van der Waals surface area contributed by atoms with E-state index in [-0.39, 0.29) is 0 Å². The van der Waals surface area contributed by atoms with Gasteiger partial charge in [-0.1, -0.05) is 20.8 Å². The van der Waals surface area contributed by atoms with Gasteiger partial charge in [0.2, 0.25) is 0 Å². The number of unbranched alkanes of at least 4 members (excludes halogenated alkanes) is 1. The minimum atomic E-state index is -1.54. The maximum atomic E-state index is 6.12. The van der Waals surface area contributed by atoms with Crippen LogP contribution in [0, 0.1) is 0 Å². The maximum Gasteiger partial charge on any atom is 0.191 e. The molecule has 0 saturated carbocycles. The zero-order chi connectivity index (χ0) is 12.9. The number of nitrogens with zero attached hydrogens (tertiary/aromatic N) is 2. The third-order valence-corrected chi connectivity index (χ3v) is 8.15. The average Bonchev–Trinajstić information content (AvgIpc) is 2.68. The molecule has 0 saturated heterocycles. The third kappa shape index (κ3) is 4.64. The summed E-state index contributed by atoms with van der Waals surface area (Å²) in [5.74, 6) is 0. The lowest BCUT2D eigenvalue weighted by molar-refractivity contribution is 0.275. The maximum absolute atomic E-state index is 6.12. The van der Waals surface area contributed by atoms with Crippen LogP contribution in [0.1, 0.15) is 33.6 Å². The first-order chi connectivity index (χ1) is 7.83. The molecule has 0 aliphatic heterocycles. The molecule has 0 aliphatic rings.